The summed E-state index contributed by atoms with van der Waals surface area (Å²) in [6, 6.07) is 0. The molecular formula is C8H12OS. The van der Waals surface area contributed by atoms with Gasteiger partial charge in [0.25, 0.3) is 0 Å². The summed E-state index contributed by atoms with van der Waals surface area (Å²) in [7, 11) is 0. The molecule has 0 spiro atoms. The molecule has 1 heterocycles. The van der Waals surface area contributed by atoms with E-state index in [1.807, 2.05) is 11.8 Å². The Labute approximate surface area is 66.2 Å². The highest BCUT2D eigenvalue weighted by atomic mass is 32.2. The average molecular weight is 156 g/mol. The van der Waals surface area contributed by atoms with Gasteiger partial charge in [-0.15, -0.1) is 0 Å². The highest BCUT2D eigenvalue weighted by Crippen LogP contribution is 2.21. The molecular weight excluding hydrogens is 144 g/mol. The first-order valence-electron chi connectivity index (χ1n) is 3.60. The lowest BCUT2D eigenvalue weighted by atomic mass is 10.1. The summed E-state index contributed by atoms with van der Waals surface area (Å²) in [4.78, 5) is 0. The number of hydrogen-bond donors (Lipinski definition) is 1. The summed E-state index contributed by atoms with van der Waals surface area (Å²) in [6.45, 7) is 0.0150. The van der Waals surface area contributed by atoms with Gasteiger partial charge < -0.3 is 5.11 Å². The van der Waals surface area contributed by atoms with E-state index in [2.05, 4.69) is 11.8 Å². The number of hydrogen-bond acceptors (Lipinski definition) is 2. The van der Waals surface area contributed by atoms with Crippen molar-refractivity contribution in [3.8, 4) is 11.8 Å². The molecule has 10 heavy (non-hydrogen) atoms. The normalized spacial score (nSPS) is 25.1. The molecule has 0 aromatic heterocycles. The molecule has 0 aliphatic carbocycles. The molecule has 2 heteroatoms. The summed E-state index contributed by atoms with van der Waals surface area (Å²) in [5.74, 6) is 8.76. The minimum absolute atomic E-state index is 0.0150. The molecule has 1 aliphatic rings. The van der Waals surface area contributed by atoms with Crippen molar-refractivity contribution in [2.75, 3.05) is 18.1 Å². The van der Waals surface area contributed by atoms with Crippen molar-refractivity contribution in [3.63, 3.8) is 0 Å². The zero-order valence-corrected chi connectivity index (χ0v) is 6.78. The Balaban J connectivity index is 2.25. The van der Waals surface area contributed by atoms with Gasteiger partial charge in [-0.25, -0.2) is 0 Å². The Hall–Kier alpha value is -0.130. The molecule has 0 bridgehead atoms. The van der Waals surface area contributed by atoms with Crippen LogP contribution in [0.15, 0.2) is 0 Å². The number of aliphatic hydroxyl groups is 1. The first-order valence-corrected chi connectivity index (χ1v) is 4.76. The molecule has 0 saturated carbocycles. The first-order chi connectivity index (χ1) is 4.93. The zero-order chi connectivity index (χ0) is 7.23. The van der Waals surface area contributed by atoms with E-state index in [9.17, 15) is 0 Å². The lowest BCUT2D eigenvalue weighted by Gasteiger charge is -2.15. The Kier molecular flexibility index (Phi) is 3.71. The molecule has 1 N–H and O–H groups in total. The summed E-state index contributed by atoms with van der Waals surface area (Å²) >= 11 is 1.97. The molecule has 56 valence electrons. The number of rotatable bonds is 0. The quantitative estimate of drug-likeness (QED) is 0.530. The second kappa shape index (κ2) is 4.65. The third-order valence-corrected chi connectivity index (χ3v) is 2.76. The van der Waals surface area contributed by atoms with Crippen LogP contribution in [0.2, 0.25) is 0 Å². The summed E-state index contributed by atoms with van der Waals surface area (Å²) in [5.41, 5.74) is 0. The van der Waals surface area contributed by atoms with E-state index in [0.29, 0.717) is 5.92 Å². The first kappa shape index (κ1) is 7.97. The maximum Gasteiger partial charge on any atom is 0.104 e. The van der Waals surface area contributed by atoms with E-state index in [-0.39, 0.29) is 6.61 Å². The molecule has 1 aliphatic heterocycles. The van der Waals surface area contributed by atoms with Crippen LogP contribution in [0.1, 0.15) is 12.8 Å². The van der Waals surface area contributed by atoms with Gasteiger partial charge in [0.1, 0.15) is 6.61 Å². The fourth-order valence-electron chi connectivity index (χ4n) is 1.04. The van der Waals surface area contributed by atoms with Gasteiger partial charge in [-0.3, -0.25) is 0 Å². The zero-order valence-electron chi connectivity index (χ0n) is 5.97. The lowest BCUT2D eigenvalue weighted by molar-refractivity contribution is 0.350. The number of thioether (sulfide) groups is 1. The maximum absolute atomic E-state index is 8.42. The van der Waals surface area contributed by atoms with Gasteiger partial charge >= 0.3 is 0 Å². The van der Waals surface area contributed by atoms with E-state index in [0.717, 1.165) is 5.75 Å². The van der Waals surface area contributed by atoms with Crippen molar-refractivity contribution in [1.82, 2.24) is 0 Å². The predicted octanol–water partition coefficient (Wildman–Crippen LogP) is 1.13. The Morgan fingerprint density at radius 2 is 2.50 bits per heavy atom. The monoisotopic (exact) mass is 156 g/mol. The fraction of sp³-hybridized carbons (Fsp3) is 0.750. The molecule has 0 radical (unpaired) electrons. The molecule has 1 atom stereocenters. The Morgan fingerprint density at radius 1 is 1.60 bits per heavy atom. The Bertz CT molecular complexity index is 139. The largest absolute Gasteiger partial charge is 0.384 e. The third kappa shape index (κ3) is 2.64. The average Bonchev–Trinajstić information content (AvgIpc) is 2.03. The predicted molar refractivity (Wildman–Crippen MR) is 44.9 cm³/mol. The molecule has 1 saturated heterocycles. The Morgan fingerprint density at radius 3 is 3.10 bits per heavy atom. The van der Waals surface area contributed by atoms with E-state index >= 15 is 0 Å². The summed E-state index contributed by atoms with van der Waals surface area (Å²) in [6.07, 6.45) is 2.51. The molecule has 1 rings (SSSR count). The molecule has 0 aromatic rings. The lowest BCUT2D eigenvalue weighted by Crippen LogP contribution is -2.07. The number of aliphatic hydroxyl groups excluding tert-OH is 1. The molecule has 1 nitrogen and oxygen atoms in total. The smallest absolute Gasteiger partial charge is 0.104 e. The van der Waals surface area contributed by atoms with Gasteiger partial charge in [-0.1, -0.05) is 11.8 Å². The van der Waals surface area contributed by atoms with Crippen LogP contribution < -0.4 is 0 Å². The summed E-state index contributed by atoms with van der Waals surface area (Å²) in [5, 5.41) is 8.42. The highest BCUT2D eigenvalue weighted by Gasteiger charge is 2.09. The second-order valence-electron chi connectivity index (χ2n) is 2.39. The molecule has 1 fully saturated rings. The van der Waals surface area contributed by atoms with Crippen LogP contribution in [0.5, 0.6) is 0 Å². The topological polar surface area (TPSA) is 20.2 Å². The van der Waals surface area contributed by atoms with Crippen molar-refractivity contribution < 1.29 is 5.11 Å². The van der Waals surface area contributed by atoms with Crippen molar-refractivity contribution in [1.29, 1.82) is 0 Å². The van der Waals surface area contributed by atoms with Crippen molar-refractivity contribution >= 4 is 11.8 Å². The molecule has 1 unspecified atom stereocenters. The third-order valence-electron chi connectivity index (χ3n) is 1.55. The van der Waals surface area contributed by atoms with Gasteiger partial charge in [0.05, 0.1) is 0 Å². The summed E-state index contributed by atoms with van der Waals surface area (Å²) < 4.78 is 0. The van der Waals surface area contributed by atoms with Crippen molar-refractivity contribution in [2.45, 2.75) is 12.8 Å². The SMILES string of the molecule is OCC#CC1CCCSC1. The second-order valence-corrected chi connectivity index (χ2v) is 3.54. The van der Waals surface area contributed by atoms with Crippen molar-refractivity contribution in [3.05, 3.63) is 0 Å². The van der Waals surface area contributed by atoms with Crippen LogP contribution in [-0.4, -0.2) is 23.2 Å². The minimum atomic E-state index is 0.0150. The standard InChI is InChI=1S/C8H12OS/c9-5-1-3-8-4-2-6-10-7-8/h8-9H,2,4-7H2. The van der Waals surface area contributed by atoms with E-state index in [4.69, 9.17) is 5.11 Å². The van der Waals surface area contributed by atoms with Gasteiger partial charge in [-0.05, 0) is 18.6 Å². The van der Waals surface area contributed by atoms with Gasteiger partial charge in [-0.2, -0.15) is 11.8 Å². The van der Waals surface area contributed by atoms with E-state index < -0.39 is 0 Å². The molecule has 0 aromatic carbocycles. The van der Waals surface area contributed by atoms with Crippen LogP contribution in [-0.2, 0) is 0 Å². The minimum Gasteiger partial charge on any atom is -0.384 e. The van der Waals surface area contributed by atoms with Crippen LogP contribution >= 0.6 is 11.8 Å². The van der Waals surface area contributed by atoms with Crippen LogP contribution in [0.25, 0.3) is 0 Å². The fourth-order valence-corrected chi connectivity index (χ4v) is 2.12. The van der Waals surface area contributed by atoms with E-state index in [1.54, 1.807) is 0 Å². The van der Waals surface area contributed by atoms with Gasteiger partial charge in [0.2, 0.25) is 0 Å². The highest BCUT2D eigenvalue weighted by molar-refractivity contribution is 7.99. The van der Waals surface area contributed by atoms with Gasteiger partial charge in [0.15, 0.2) is 0 Å². The van der Waals surface area contributed by atoms with Crippen molar-refractivity contribution in [2.24, 2.45) is 5.92 Å². The van der Waals surface area contributed by atoms with Crippen LogP contribution in [0, 0.1) is 17.8 Å². The van der Waals surface area contributed by atoms with Gasteiger partial charge in [0, 0.05) is 11.7 Å². The molecule has 0 amide bonds. The van der Waals surface area contributed by atoms with E-state index in [1.165, 1.54) is 18.6 Å². The van der Waals surface area contributed by atoms with Crippen LogP contribution in [0.4, 0.5) is 0 Å². The van der Waals surface area contributed by atoms with Crippen LogP contribution in [0.3, 0.4) is 0 Å². The maximum atomic E-state index is 8.42.